The zero-order chi connectivity index (χ0) is 17.5. The summed E-state index contributed by atoms with van der Waals surface area (Å²) < 4.78 is 31.8. The van der Waals surface area contributed by atoms with Gasteiger partial charge in [-0.05, 0) is 29.8 Å². The molecule has 0 fully saturated rings. The second-order valence-corrected chi connectivity index (χ2v) is 5.01. The van der Waals surface area contributed by atoms with Gasteiger partial charge in [-0.25, -0.2) is 8.78 Å². The Kier molecular flexibility index (Phi) is 6.03. The fourth-order valence-electron chi connectivity index (χ4n) is 2.07. The lowest BCUT2D eigenvalue weighted by Crippen LogP contribution is -2.27. The summed E-state index contributed by atoms with van der Waals surface area (Å²) in [5, 5.41) is 12.3. The predicted molar refractivity (Wildman–Crippen MR) is 86.4 cm³/mol. The molecule has 0 bridgehead atoms. The Labute approximate surface area is 138 Å². The van der Waals surface area contributed by atoms with Crippen molar-refractivity contribution in [1.29, 1.82) is 0 Å². The van der Waals surface area contributed by atoms with Crippen molar-refractivity contribution in [2.45, 2.75) is 6.10 Å². The van der Waals surface area contributed by atoms with Crippen LogP contribution in [-0.4, -0.2) is 24.7 Å². The maximum atomic E-state index is 13.5. The van der Waals surface area contributed by atoms with E-state index in [1.165, 1.54) is 49.6 Å². The number of rotatable bonds is 6. The van der Waals surface area contributed by atoms with Crippen LogP contribution in [0.3, 0.4) is 0 Å². The van der Waals surface area contributed by atoms with E-state index in [-0.39, 0.29) is 17.9 Å². The van der Waals surface area contributed by atoms with E-state index < -0.39 is 23.6 Å². The third kappa shape index (κ3) is 4.63. The van der Waals surface area contributed by atoms with E-state index in [0.29, 0.717) is 5.56 Å². The van der Waals surface area contributed by atoms with Crippen molar-refractivity contribution >= 4 is 12.0 Å². The fraction of sp³-hybridized carbons (Fsp3) is 0.167. The number of halogens is 2. The highest BCUT2D eigenvalue weighted by Crippen LogP contribution is 2.18. The van der Waals surface area contributed by atoms with E-state index >= 15 is 0 Å². The lowest BCUT2D eigenvalue weighted by Gasteiger charge is -2.12. The van der Waals surface area contributed by atoms with Gasteiger partial charge in [0.1, 0.15) is 5.82 Å². The zero-order valence-electron chi connectivity index (χ0n) is 13.0. The van der Waals surface area contributed by atoms with Crippen LogP contribution >= 0.6 is 0 Å². The number of nitrogens with one attached hydrogen (secondary N) is 1. The number of aliphatic hydroxyl groups excluding tert-OH is 1. The normalized spacial score (nSPS) is 12.2. The van der Waals surface area contributed by atoms with Gasteiger partial charge in [-0.3, -0.25) is 4.79 Å². The summed E-state index contributed by atoms with van der Waals surface area (Å²) in [6, 6.07) is 10.1. The molecule has 2 rings (SSSR count). The molecule has 1 amide bonds. The summed E-state index contributed by atoms with van der Waals surface area (Å²) in [4.78, 5) is 11.7. The maximum Gasteiger partial charge on any atom is 0.244 e. The highest BCUT2D eigenvalue weighted by atomic mass is 19.1. The second kappa shape index (κ2) is 8.21. The third-order valence-electron chi connectivity index (χ3n) is 3.34. The number of hydrogen-bond acceptors (Lipinski definition) is 3. The van der Waals surface area contributed by atoms with Crippen LogP contribution in [0.2, 0.25) is 0 Å². The summed E-state index contributed by atoms with van der Waals surface area (Å²) >= 11 is 0. The molecule has 24 heavy (non-hydrogen) atoms. The third-order valence-corrected chi connectivity index (χ3v) is 3.34. The SMILES string of the molecule is COc1ccc(/C=C/C(=O)NCC(O)c2ccccc2F)cc1F. The molecule has 0 saturated heterocycles. The molecule has 0 spiro atoms. The minimum atomic E-state index is -1.15. The number of carbonyl (C=O) groups excluding carboxylic acids is 1. The molecule has 126 valence electrons. The Morgan fingerprint density at radius 3 is 2.67 bits per heavy atom. The van der Waals surface area contributed by atoms with Crippen LogP contribution in [0.1, 0.15) is 17.2 Å². The highest BCUT2D eigenvalue weighted by molar-refractivity contribution is 5.91. The number of ether oxygens (including phenoxy) is 1. The molecule has 0 aliphatic rings. The smallest absolute Gasteiger partial charge is 0.244 e. The van der Waals surface area contributed by atoms with Crippen molar-refractivity contribution in [3.8, 4) is 5.75 Å². The van der Waals surface area contributed by atoms with E-state index in [4.69, 9.17) is 4.74 Å². The van der Waals surface area contributed by atoms with Crippen LogP contribution in [0.4, 0.5) is 8.78 Å². The van der Waals surface area contributed by atoms with Crippen molar-refractivity contribution in [3.63, 3.8) is 0 Å². The number of amides is 1. The number of methoxy groups -OCH3 is 1. The molecule has 2 aromatic carbocycles. The van der Waals surface area contributed by atoms with Crippen LogP contribution in [0.5, 0.6) is 5.75 Å². The van der Waals surface area contributed by atoms with Gasteiger partial charge in [0.05, 0.1) is 13.2 Å². The van der Waals surface area contributed by atoms with Gasteiger partial charge >= 0.3 is 0 Å². The van der Waals surface area contributed by atoms with Gasteiger partial charge in [0.2, 0.25) is 5.91 Å². The quantitative estimate of drug-likeness (QED) is 0.799. The van der Waals surface area contributed by atoms with Crippen molar-refractivity contribution in [3.05, 3.63) is 71.3 Å². The Hall–Kier alpha value is -2.73. The van der Waals surface area contributed by atoms with Crippen LogP contribution in [0.25, 0.3) is 6.08 Å². The first-order valence-electron chi connectivity index (χ1n) is 7.23. The van der Waals surface area contributed by atoms with Crippen LogP contribution < -0.4 is 10.1 Å². The first kappa shape index (κ1) is 17.6. The monoisotopic (exact) mass is 333 g/mol. The molecule has 0 aliphatic heterocycles. The summed E-state index contributed by atoms with van der Waals surface area (Å²) in [6.07, 6.45) is 1.48. The van der Waals surface area contributed by atoms with Crippen LogP contribution in [0, 0.1) is 11.6 Å². The lowest BCUT2D eigenvalue weighted by molar-refractivity contribution is -0.116. The Bertz CT molecular complexity index is 747. The Morgan fingerprint density at radius 1 is 1.25 bits per heavy atom. The number of benzene rings is 2. The van der Waals surface area contributed by atoms with Crippen LogP contribution in [0.15, 0.2) is 48.5 Å². The molecule has 0 saturated carbocycles. The molecule has 2 aromatic rings. The molecular weight excluding hydrogens is 316 g/mol. The molecule has 1 atom stereocenters. The van der Waals surface area contributed by atoms with Gasteiger partial charge in [-0.2, -0.15) is 0 Å². The topological polar surface area (TPSA) is 58.6 Å². The molecule has 0 radical (unpaired) electrons. The second-order valence-electron chi connectivity index (χ2n) is 5.01. The summed E-state index contributed by atoms with van der Waals surface area (Å²) in [7, 11) is 1.36. The summed E-state index contributed by atoms with van der Waals surface area (Å²) in [5.74, 6) is -1.44. The first-order valence-corrected chi connectivity index (χ1v) is 7.23. The van der Waals surface area contributed by atoms with Gasteiger partial charge < -0.3 is 15.2 Å². The molecule has 0 aliphatic carbocycles. The Morgan fingerprint density at radius 2 is 2.00 bits per heavy atom. The van der Waals surface area contributed by atoms with Gasteiger partial charge in [0, 0.05) is 18.2 Å². The standard InChI is InChI=1S/C18H17F2NO3/c1-24-17-8-6-12(10-15(17)20)7-9-18(23)21-11-16(22)13-4-2-3-5-14(13)19/h2-10,16,22H,11H2,1H3,(H,21,23)/b9-7+. The van der Waals surface area contributed by atoms with Crippen molar-refractivity contribution in [2.24, 2.45) is 0 Å². The first-order chi connectivity index (χ1) is 11.5. The fourth-order valence-corrected chi connectivity index (χ4v) is 2.07. The lowest BCUT2D eigenvalue weighted by atomic mass is 10.1. The van der Waals surface area contributed by atoms with E-state index in [9.17, 15) is 18.7 Å². The molecular formula is C18H17F2NO3. The highest BCUT2D eigenvalue weighted by Gasteiger charge is 2.12. The average Bonchev–Trinajstić information content (AvgIpc) is 2.58. The minimum Gasteiger partial charge on any atom is -0.494 e. The maximum absolute atomic E-state index is 13.5. The number of carbonyl (C=O) groups is 1. The van der Waals surface area contributed by atoms with E-state index in [2.05, 4.69) is 5.32 Å². The van der Waals surface area contributed by atoms with E-state index in [1.54, 1.807) is 12.1 Å². The van der Waals surface area contributed by atoms with Crippen molar-refractivity contribution in [2.75, 3.05) is 13.7 Å². The predicted octanol–water partition coefficient (Wildman–Crippen LogP) is 2.84. The molecule has 0 aromatic heterocycles. The molecule has 6 heteroatoms. The summed E-state index contributed by atoms with van der Waals surface area (Å²) in [6.45, 7) is -0.138. The number of hydrogen-bond donors (Lipinski definition) is 2. The minimum absolute atomic E-state index is 0.110. The van der Waals surface area contributed by atoms with Gasteiger partial charge in [0.15, 0.2) is 11.6 Å². The Balaban J connectivity index is 1.91. The molecule has 2 N–H and O–H groups in total. The van der Waals surface area contributed by atoms with E-state index in [0.717, 1.165) is 0 Å². The largest absolute Gasteiger partial charge is 0.494 e. The van der Waals surface area contributed by atoms with Gasteiger partial charge in [0.25, 0.3) is 0 Å². The van der Waals surface area contributed by atoms with E-state index in [1.807, 2.05) is 0 Å². The zero-order valence-corrected chi connectivity index (χ0v) is 13.0. The van der Waals surface area contributed by atoms with Crippen molar-refractivity contribution in [1.82, 2.24) is 5.32 Å². The molecule has 1 unspecified atom stereocenters. The average molecular weight is 333 g/mol. The molecule has 0 heterocycles. The van der Waals surface area contributed by atoms with Crippen molar-refractivity contribution < 1.29 is 23.4 Å². The van der Waals surface area contributed by atoms with Gasteiger partial charge in [-0.1, -0.05) is 24.3 Å². The number of aliphatic hydroxyl groups is 1. The van der Waals surface area contributed by atoms with Crippen LogP contribution in [-0.2, 0) is 4.79 Å². The van der Waals surface area contributed by atoms with Gasteiger partial charge in [-0.15, -0.1) is 0 Å². The molecule has 4 nitrogen and oxygen atoms in total. The summed E-state index contributed by atoms with van der Waals surface area (Å²) in [5.41, 5.74) is 0.595.